The molecule has 2 amide bonds. The first-order valence-electron chi connectivity index (χ1n) is 8.19. The van der Waals surface area contributed by atoms with Gasteiger partial charge >= 0.3 is 5.76 Å². The fourth-order valence-corrected chi connectivity index (χ4v) is 3.17. The van der Waals surface area contributed by atoms with Crippen LogP contribution in [0.3, 0.4) is 0 Å². The molecule has 2 aromatic rings. The largest absolute Gasteiger partial charge is 0.419 e. The van der Waals surface area contributed by atoms with Crippen LogP contribution in [-0.2, 0) is 11.8 Å². The Kier molecular flexibility index (Phi) is 4.63. The van der Waals surface area contributed by atoms with Crippen molar-refractivity contribution >= 4 is 22.9 Å². The zero-order chi connectivity index (χ0) is 18.1. The molecule has 1 aromatic carbocycles. The van der Waals surface area contributed by atoms with Gasteiger partial charge in [0.05, 0.1) is 11.4 Å². The fourth-order valence-electron chi connectivity index (χ4n) is 3.17. The molecule has 0 saturated carbocycles. The van der Waals surface area contributed by atoms with Crippen LogP contribution in [0, 0.1) is 5.92 Å². The molecule has 0 bridgehead atoms. The number of amides is 2. The van der Waals surface area contributed by atoms with Crippen molar-refractivity contribution in [1.29, 1.82) is 0 Å². The summed E-state index contributed by atoms with van der Waals surface area (Å²) in [5, 5.41) is 2.66. The van der Waals surface area contributed by atoms with Crippen LogP contribution in [-0.4, -0.2) is 66.5 Å². The Morgan fingerprint density at radius 1 is 1.20 bits per heavy atom. The number of aromatic nitrogens is 1. The molecule has 0 unspecified atom stereocenters. The Morgan fingerprint density at radius 3 is 2.68 bits per heavy atom. The van der Waals surface area contributed by atoms with Crippen LogP contribution in [0.25, 0.3) is 11.1 Å². The van der Waals surface area contributed by atoms with Crippen molar-refractivity contribution in [2.45, 2.75) is 0 Å². The van der Waals surface area contributed by atoms with E-state index in [-0.39, 0.29) is 17.7 Å². The van der Waals surface area contributed by atoms with Crippen molar-refractivity contribution in [3.63, 3.8) is 0 Å². The van der Waals surface area contributed by atoms with Crippen molar-refractivity contribution in [2.24, 2.45) is 13.0 Å². The summed E-state index contributed by atoms with van der Waals surface area (Å²) in [4.78, 5) is 40.4. The van der Waals surface area contributed by atoms with Crippen molar-refractivity contribution in [3.05, 3.63) is 34.3 Å². The molecule has 1 aromatic heterocycles. The summed E-state index contributed by atoms with van der Waals surface area (Å²) in [5.74, 6) is -0.960. The molecule has 1 aliphatic heterocycles. The molecule has 2 heterocycles. The standard InChI is InChI=1S/C17H22N4O4/c1-18-15(22)12-9-19(2)6-7-21(10-12)16(23)11-4-5-14-13(8-11)20(3)17(24)25-14/h4-5,8,12H,6-7,9-10H2,1-3H3,(H,18,22)/t12-/m1/s1. The molecular weight excluding hydrogens is 324 g/mol. The summed E-state index contributed by atoms with van der Waals surface area (Å²) in [7, 11) is 5.15. The zero-order valence-electron chi connectivity index (χ0n) is 14.6. The lowest BCUT2D eigenvalue weighted by Crippen LogP contribution is -2.41. The predicted octanol–water partition coefficient (Wildman–Crippen LogP) is -0.119. The maximum absolute atomic E-state index is 12.9. The van der Waals surface area contributed by atoms with Crippen molar-refractivity contribution in [2.75, 3.05) is 40.3 Å². The van der Waals surface area contributed by atoms with Crippen LogP contribution in [0.2, 0.25) is 0 Å². The molecule has 1 fully saturated rings. The first-order valence-corrected chi connectivity index (χ1v) is 8.19. The lowest BCUT2D eigenvalue weighted by molar-refractivity contribution is -0.125. The van der Waals surface area contributed by atoms with Crippen molar-refractivity contribution in [1.82, 2.24) is 19.7 Å². The minimum atomic E-state index is -0.462. The van der Waals surface area contributed by atoms with Gasteiger partial charge in [-0.05, 0) is 25.2 Å². The van der Waals surface area contributed by atoms with E-state index in [1.54, 1.807) is 37.2 Å². The predicted molar refractivity (Wildman–Crippen MR) is 92.4 cm³/mol. The maximum atomic E-state index is 12.9. The Bertz CT molecular complexity index is 869. The number of aryl methyl sites for hydroxylation is 1. The molecule has 0 aliphatic carbocycles. The van der Waals surface area contributed by atoms with Gasteiger partial charge in [-0.2, -0.15) is 0 Å². The summed E-state index contributed by atoms with van der Waals surface area (Å²) in [6, 6.07) is 4.94. The van der Waals surface area contributed by atoms with E-state index in [4.69, 9.17) is 4.42 Å². The lowest BCUT2D eigenvalue weighted by Gasteiger charge is -2.23. The highest BCUT2D eigenvalue weighted by atomic mass is 16.4. The molecular formula is C17H22N4O4. The van der Waals surface area contributed by atoms with Gasteiger partial charge in [0.15, 0.2) is 5.58 Å². The number of rotatable bonds is 2. The average Bonchev–Trinajstić information content (AvgIpc) is 2.77. The number of benzene rings is 1. The van der Waals surface area contributed by atoms with Crippen molar-refractivity contribution in [3.8, 4) is 0 Å². The van der Waals surface area contributed by atoms with Gasteiger partial charge in [-0.1, -0.05) is 0 Å². The molecule has 1 aliphatic rings. The monoisotopic (exact) mass is 346 g/mol. The van der Waals surface area contributed by atoms with E-state index in [1.807, 2.05) is 7.05 Å². The Morgan fingerprint density at radius 2 is 1.96 bits per heavy atom. The highest BCUT2D eigenvalue weighted by molar-refractivity contribution is 5.97. The van der Waals surface area contributed by atoms with E-state index in [1.165, 1.54) is 4.57 Å². The Labute approximate surface area is 145 Å². The smallest absolute Gasteiger partial charge is 0.408 e. The van der Waals surface area contributed by atoms with Gasteiger partial charge in [-0.3, -0.25) is 14.2 Å². The van der Waals surface area contributed by atoms with Crippen LogP contribution < -0.4 is 11.1 Å². The molecule has 1 N–H and O–H groups in total. The van der Waals surface area contributed by atoms with Crippen LogP contribution in [0.4, 0.5) is 0 Å². The van der Waals surface area contributed by atoms with E-state index < -0.39 is 5.76 Å². The lowest BCUT2D eigenvalue weighted by atomic mass is 10.1. The van der Waals surface area contributed by atoms with Gasteiger partial charge in [0.25, 0.3) is 5.91 Å². The topological polar surface area (TPSA) is 87.8 Å². The fraction of sp³-hybridized carbons (Fsp3) is 0.471. The third kappa shape index (κ3) is 3.30. The third-order valence-corrected chi connectivity index (χ3v) is 4.67. The highest BCUT2D eigenvalue weighted by Crippen LogP contribution is 2.18. The number of hydrogen-bond donors (Lipinski definition) is 1. The number of carbonyl (C=O) groups is 2. The van der Waals surface area contributed by atoms with Crippen LogP contribution in [0.1, 0.15) is 10.4 Å². The molecule has 25 heavy (non-hydrogen) atoms. The summed E-state index contributed by atoms with van der Waals surface area (Å²) in [5.41, 5.74) is 1.50. The number of fused-ring (bicyclic) bond motifs is 1. The van der Waals surface area contributed by atoms with Gasteiger partial charge in [0, 0.05) is 45.8 Å². The second kappa shape index (κ2) is 6.72. The molecule has 1 saturated heterocycles. The van der Waals surface area contributed by atoms with Crippen LogP contribution >= 0.6 is 0 Å². The normalized spacial score (nSPS) is 19.0. The third-order valence-electron chi connectivity index (χ3n) is 4.67. The minimum absolute atomic E-state index is 0.0702. The second-order valence-corrected chi connectivity index (χ2v) is 6.43. The van der Waals surface area contributed by atoms with E-state index >= 15 is 0 Å². The summed E-state index contributed by atoms with van der Waals surface area (Å²) >= 11 is 0. The van der Waals surface area contributed by atoms with E-state index in [0.717, 1.165) is 0 Å². The SMILES string of the molecule is CNC(=O)[C@@H]1CN(C)CCN(C(=O)c2ccc3oc(=O)n(C)c3c2)C1. The molecule has 3 rings (SSSR count). The first-order chi connectivity index (χ1) is 11.9. The van der Waals surface area contributed by atoms with Crippen LogP contribution in [0.15, 0.2) is 27.4 Å². The number of likely N-dealkylation sites (N-methyl/N-ethyl adjacent to an activating group) is 1. The van der Waals surface area contributed by atoms with E-state index in [9.17, 15) is 14.4 Å². The van der Waals surface area contributed by atoms with Crippen molar-refractivity contribution < 1.29 is 14.0 Å². The van der Waals surface area contributed by atoms with E-state index in [0.29, 0.717) is 42.8 Å². The Balaban J connectivity index is 1.89. The minimum Gasteiger partial charge on any atom is -0.408 e. The number of nitrogens with zero attached hydrogens (tertiary/aromatic N) is 3. The zero-order valence-corrected chi connectivity index (χ0v) is 14.6. The van der Waals surface area contributed by atoms with Crippen LogP contribution in [0.5, 0.6) is 0 Å². The number of oxazole rings is 1. The number of hydrogen-bond acceptors (Lipinski definition) is 5. The molecule has 8 heteroatoms. The number of nitrogens with one attached hydrogen (secondary N) is 1. The molecule has 0 spiro atoms. The average molecular weight is 346 g/mol. The van der Waals surface area contributed by atoms with Gasteiger partial charge in [0.2, 0.25) is 5.91 Å². The summed E-state index contributed by atoms with van der Waals surface area (Å²) in [6.07, 6.45) is 0. The summed E-state index contributed by atoms with van der Waals surface area (Å²) < 4.78 is 6.47. The maximum Gasteiger partial charge on any atom is 0.419 e. The molecule has 0 radical (unpaired) electrons. The summed E-state index contributed by atoms with van der Waals surface area (Å²) in [6.45, 7) is 2.22. The highest BCUT2D eigenvalue weighted by Gasteiger charge is 2.29. The quantitative estimate of drug-likeness (QED) is 0.819. The van der Waals surface area contributed by atoms with E-state index in [2.05, 4.69) is 10.2 Å². The van der Waals surface area contributed by atoms with Gasteiger partial charge in [-0.15, -0.1) is 0 Å². The second-order valence-electron chi connectivity index (χ2n) is 6.43. The van der Waals surface area contributed by atoms with Gasteiger partial charge < -0.3 is 19.5 Å². The first kappa shape index (κ1) is 17.2. The molecule has 8 nitrogen and oxygen atoms in total. The Hall–Kier alpha value is -2.61. The molecule has 134 valence electrons. The van der Waals surface area contributed by atoms with Gasteiger partial charge in [-0.25, -0.2) is 4.79 Å². The molecule has 1 atom stereocenters. The number of carbonyl (C=O) groups excluding carboxylic acids is 2. The van der Waals surface area contributed by atoms with Gasteiger partial charge in [0.1, 0.15) is 0 Å².